The van der Waals surface area contributed by atoms with E-state index in [2.05, 4.69) is 4.98 Å². The Hall–Kier alpha value is -3.58. The Labute approximate surface area is 190 Å². The smallest absolute Gasteiger partial charge is 0.293 e. The van der Waals surface area contributed by atoms with Gasteiger partial charge in [-0.2, -0.15) is 0 Å². The maximum Gasteiger partial charge on any atom is 0.293 e. The number of benzene rings is 2. The third-order valence-corrected chi connectivity index (χ3v) is 5.83. The quantitative estimate of drug-likeness (QED) is 0.464. The van der Waals surface area contributed by atoms with Crippen LogP contribution >= 0.6 is 11.8 Å². The number of rotatable bonds is 7. The molecule has 162 valence electrons. The van der Waals surface area contributed by atoms with Gasteiger partial charge in [0.2, 0.25) is 0 Å². The molecule has 6 nitrogen and oxygen atoms in total. The predicted molar refractivity (Wildman–Crippen MR) is 124 cm³/mol. The third kappa shape index (κ3) is 5.00. The number of aromatic nitrogens is 1. The second-order valence-electron chi connectivity index (χ2n) is 7.31. The van der Waals surface area contributed by atoms with Gasteiger partial charge in [0.1, 0.15) is 6.61 Å². The molecule has 32 heavy (non-hydrogen) atoms. The van der Waals surface area contributed by atoms with Gasteiger partial charge in [0.15, 0.2) is 11.5 Å². The van der Waals surface area contributed by atoms with E-state index in [1.807, 2.05) is 49.4 Å². The summed E-state index contributed by atoms with van der Waals surface area (Å²) in [6, 6.07) is 17.0. The van der Waals surface area contributed by atoms with Crippen LogP contribution in [0.3, 0.4) is 0 Å². The lowest BCUT2D eigenvalue weighted by Gasteiger charge is -2.13. The lowest BCUT2D eigenvalue weighted by Crippen LogP contribution is -2.27. The number of carbonyl (C=O) groups excluding carboxylic acids is 2. The number of ether oxygens (including phenoxy) is 2. The van der Waals surface area contributed by atoms with Crippen molar-refractivity contribution in [3.63, 3.8) is 0 Å². The van der Waals surface area contributed by atoms with Crippen molar-refractivity contribution in [2.45, 2.75) is 20.1 Å². The topological polar surface area (TPSA) is 68.7 Å². The van der Waals surface area contributed by atoms with Gasteiger partial charge in [-0.05, 0) is 65.7 Å². The minimum Gasteiger partial charge on any atom is -0.493 e. The van der Waals surface area contributed by atoms with Crippen LogP contribution in [0.2, 0.25) is 0 Å². The van der Waals surface area contributed by atoms with E-state index in [4.69, 9.17) is 9.47 Å². The summed E-state index contributed by atoms with van der Waals surface area (Å²) in [5, 5.41) is -0.271. The SMILES string of the molecule is COc1cc(/C=C2/SC(=O)N(Cc3cccc(C)c3)C2=O)ccc1OCc1ccncc1. The van der Waals surface area contributed by atoms with Crippen LogP contribution in [0.1, 0.15) is 22.3 Å². The molecular weight excluding hydrogens is 424 g/mol. The van der Waals surface area contributed by atoms with Gasteiger partial charge in [-0.3, -0.25) is 19.5 Å². The molecule has 0 N–H and O–H groups in total. The van der Waals surface area contributed by atoms with Crippen molar-refractivity contribution in [1.82, 2.24) is 9.88 Å². The van der Waals surface area contributed by atoms with Gasteiger partial charge < -0.3 is 9.47 Å². The predicted octanol–water partition coefficient (Wildman–Crippen LogP) is 5.21. The van der Waals surface area contributed by atoms with Crippen LogP contribution in [0, 0.1) is 6.92 Å². The van der Waals surface area contributed by atoms with E-state index in [9.17, 15) is 9.59 Å². The van der Waals surface area contributed by atoms with Gasteiger partial charge in [-0.25, -0.2) is 0 Å². The fourth-order valence-corrected chi connectivity index (χ4v) is 4.15. The molecule has 3 aromatic rings. The van der Waals surface area contributed by atoms with Gasteiger partial charge in [0.05, 0.1) is 18.6 Å². The first-order valence-electron chi connectivity index (χ1n) is 10.0. The average molecular weight is 447 g/mol. The maximum atomic E-state index is 12.8. The Balaban J connectivity index is 1.49. The Morgan fingerprint density at radius 3 is 2.56 bits per heavy atom. The highest BCUT2D eigenvalue weighted by Crippen LogP contribution is 2.35. The summed E-state index contributed by atoms with van der Waals surface area (Å²) in [7, 11) is 1.56. The molecular formula is C25H22N2O4S. The maximum absolute atomic E-state index is 12.8. The van der Waals surface area contributed by atoms with Crippen molar-refractivity contribution in [1.29, 1.82) is 0 Å². The van der Waals surface area contributed by atoms with Crippen LogP contribution in [0.5, 0.6) is 11.5 Å². The molecule has 0 unspecified atom stereocenters. The zero-order valence-corrected chi connectivity index (χ0v) is 18.6. The lowest BCUT2D eigenvalue weighted by molar-refractivity contribution is -0.123. The molecule has 2 heterocycles. The van der Waals surface area contributed by atoms with Gasteiger partial charge in [-0.1, -0.05) is 35.9 Å². The molecule has 0 spiro atoms. The number of carbonyl (C=O) groups is 2. The standard InChI is InChI=1S/C25H22N2O4S/c1-17-4-3-5-20(12-17)15-27-24(28)23(32-25(27)29)14-19-6-7-21(22(13-19)30-2)31-16-18-8-10-26-11-9-18/h3-14H,15-16H2,1-2H3/b23-14+. The van der Waals surface area contributed by atoms with Crippen LogP contribution in [-0.4, -0.2) is 28.1 Å². The van der Waals surface area contributed by atoms with Crippen LogP contribution in [-0.2, 0) is 17.9 Å². The number of amides is 2. The molecule has 1 aliphatic heterocycles. The van der Waals surface area contributed by atoms with E-state index in [1.54, 1.807) is 37.7 Å². The number of hydrogen-bond donors (Lipinski definition) is 0. The average Bonchev–Trinajstić information content (AvgIpc) is 3.06. The van der Waals surface area contributed by atoms with Crippen molar-refractivity contribution in [2.24, 2.45) is 0 Å². The minimum absolute atomic E-state index is 0.259. The monoisotopic (exact) mass is 446 g/mol. The fourth-order valence-electron chi connectivity index (χ4n) is 3.31. The van der Waals surface area contributed by atoms with Gasteiger partial charge >= 0.3 is 0 Å². The Morgan fingerprint density at radius 1 is 1.00 bits per heavy atom. The van der Waals surface area contributed by atoms with Crippen molar-refractivity contribution >= 4 is 29.0 Å². The van der Waals surface area contributed by atoms with E-state index >= 15 is 0 Å². The van der Waals surface area contributed by atoms with Gasteiger partial charge in [-0.15, -0.1) is 0 Å². The van der Waals surface area contributed by atoms with E-state index in [1.165, 1.54) is 4.90 Å². The highest BCUT2D eigenvalue weighted by atomic mass is 32.2. The molecule has 1 fully saturated rings. The number of pyridine rings is 1. The number of imide groups is 1. The molecule has 1 aliphatic rings. The second kappa shape index (κ2) is 9.70. The fraction of sp³-hybridized carbons (Fsp3) is 0.160. The number of thioether (sulfide) groups is 1. The van der Waals surface area contributed by atoms with Crippen molar-refractivity contribution in [3.05, 3.63) is 94.1 Å². The Bertz CT molecular complexity index is 1180. The third-order valence-electron chi connectivity index (χ3n) is 4.93. The molecule has 7 heteroatoms. The lowest BCUT2D eigenvalue weighted by atomic mass is 10.1. The van der Waals surface area contributed by atoms with Crippen molar-refractivity contribution in [3.8, 4) is 11.5 Å². The van der Waals surface area contributed by atoms with Crippen molar-refractivity contribution in [2.75, 3.05) is 7.11 Å². The summed E-state index contributed by atoms with van der Waals surface area (Å²) < 4.78 is 11.3. The van der Waals surface area contributed by atoms with Crippen LogP contribution < -0.4 is 9.47 Å². The number of nitrogens with zero attached hydrogens (tertiary/aromatic N) is 2. The summed E-state index contributed by atoms with van der Waals surface area (Å²) in [5.74, 6) is 0.847. The Morgan fingerprint density at radius 2 is 1.81 bits per heavy atom. The molecule has 4 rings (SSSR count). The molecule has 0 radical (unpaired) electrons. The molecule has 0 atom stereocenters. The van der Waals surface area contributed by atoms with Crippen LogP contribution in [0.15, 0.2) is 71.9 Å². The number of aryl methyl sites for hydroxylation is 1. The Kier molecular flexibility index (Phi) is 6.56. The van der Waals surface area contributed by atoms with Gasteiger partial charge in [0, 0.05) is 12.4 Å². The van der Waals surface area contributed by atoms with Gasteiger partial charge in [0.25, 0.3) is 11.1 Å². The van der Waals surface area contributed by atoms with Crippen molar-refractivity contribution < 1.29 is 19.1 Å². The van der Waals surface area contributed by atoms with E-state index in [0.29, 0.717) is 23.0 Å². The normalized spacial score (nSPS) is 14.8. The zero-order chi connectivity index (χ0) is 22.5. The largest absolute Gasteiger partial charge is 0.493 e. The first-order valence-corrected chi connectivity index (χ1v) is 10.9. The zero-order valence-electron chi connectivity index (χ0n) is 17.8. The first-order chi connectivity index (χ1) is 15.5. The van der Waals surface area contributed by atoms with E-state index < -0.39 is 0 Å². The molecule has 0 aliphatic carbocycles. The summed E-state index contributed by atoms with van der Waals surface area (Å²) in [6.07, 6.45) is 5.13. The number of hydrogen-bond acceptors (Lipinski definition) is 6. The van der Waals surface area contributed by atoms with E-state index in [0.717, 1.165) is 34.0 Å². The summed E-state index contributed by atoms with van der Waals surface area (Å²) >= 11 is 0.946. The molecule has 2 aromatic carbocycles. The molecule has 2 amide bonds. The van der Waals surface area contributed by atoms with Crippen LogP contribution in [0.4, 0.5) is 4.79 Å². The molecule has 0 saturated carbocycles. The summed E-state index contributed by atoms with van der Waals surface area (Å²) in [5.41, 5.74) is 3.75. The highest BCUT2D eigenvalue weighted by Gasteiger charge is 2.35. The summed E-state index contributed by atoms with van der Waals surface area (Å²) in [4.78, 5) is 30.9. The van der Waals surface area contributed by atoms with E-state index in [-0.39, 0.29) is 17.7 Å². The second-order valence-corrected chi connectivity index (χ2v) is 8.30. The summed E-state index contributed by atoms with van der Waals surface area (Å²) in [6.45, 7) is 2.62. The minimum atomic E-state index is -0.293. The van der Waals surface area contributed by atoms with Crippen LogP contribution in [0.25, 0.3) is 6.08 Å². The number of methoxy groups -OCH3 is 1. The first kappa shape index (κ1) is 21.6. The molecule has 1 saturated heterocycles. The molecule has 0 bridgehead atoms. The highest BCUT2D eigenvalue weighted by molar-refractivity contribution is 8.18. The molecule has 1 aromatic heterocycles.